The predicted octanol–water partition coefficient (Wildman–Crippen LogP) is 5.96. The lowest BCUT2D eigenvalue weighted by Gasteiger charge is -2.45. The first-order chi connectivity index (χ1) is 31.6. The number of ether oxygens (including phenoxy) is 1. The van der Waals surface area contributed by atoms with E-state index in [2.05, 4.69) is 48.8 Å². The first kappa shape index (κ1) is 41.3. The van der Waals surface area contributed by atoms with E-state index in [1.807, 2.05) is 18.2 Å². The van der Waals surface area contributed by atoms with Gasteiger partial charge in [-0.2, -0.15) is 4.98 Å². The van der Waals surface area contributed by atoms with E-state index in [-0.39, 0.29) is 40.5 Å². The van der Waals surface area contributed by atoms with Crippen LogP contribution in [0.1, 0.15) is 128 Å². The molecule has 1 saturated carbocycles. The van der Waals surface area contributed by atoms with Gasteiger partial charge in [0.05, 0.1) is 46.7 Å². The molecule has 8 aliphatic rings. The number of hydrogen-bond donors (Lipinski definition) is 1. The van der Waals surface area contributed by atoms with Crippen LogP contribution in [0.15, 0.2) is 53.3 Å². The molecular formula is C51H56ClN7O6. The Morgan fingerprint density at radius 1 is 0.846 bits per heavy atom. The number of piperidine rings is 4. The zero-order chi connectivity index (χ0) is 44.2. The van der Waals surface area contributed by atoms with Crippen LogP contribution >= 0.6 is 11.6 Å². The summed E-state index contributed by atoms with van der Waals surface area (Å²) in [6, 6.07) is 16.5. The molecule has 5 fully saturated rings. The third-order valence-electron chi connectivity index (χ3n) is 17.0. The molecule has 338 valence electrons. The van der Waals surface area contributed by atoms with Crippen LogP contribution < -0.4 is 15.6 Å². The number of nitrogens with one attached hydrogen (secondary N) is 1. The van der Waals surface area contributed by atoms with Gasteiger partial charge in [0.25, 0.3) is 11.5 Å². The Labute approximate surface area is 383 Å². The van der Waals surface area contributed by atoms with Crippen molar-refractivity contribution in [2.45, 2.75) is 119 Å². The van der Waals surface area contributed by atoms with Gasteiger partial charge in [-0.05, 0) is 125 Å². The molecule has 14 heteroatoms. The minimum Gasteiger partial charge on any atom is -0.492 e. The molecule has 13 nitrogen and oxygen atoms in total. The maximum absolute atomic E-state index is 13.7. The fraction of sp³-hybridized carbons (Fsp3) is 0.529. The molecule has 4 saturated heterocycles. The Morgan fingerprint density at radius 3 is 2.40 bits per heavy atom. The van der Waals surface area contributed by atoms with Crippen LogP contribution in [0, 0.1) is 0 Å². The highest BCUT2D eigenvalue weighted by atomic mass is 35.5. The number of imide groups is 1. The minimum absolute atomic E-state index is 0.0933. The Hall–Kier alpha value is -5.11. The van der Waals surface area contributed by atoms with Crippen molar-refractivity contribution in [3.63, 3.8) is 0 Å². The Bertz CT molecular complexity index is 2720. The summed E-state index contributed by atoms with van der Waals surface area (Å²) in [4.78, 5) is 78.4. The van der Waals surface area contributed by atoms with Crippen LogP contribution in [-0.2, 0) is 31.8 Å². The van der Waals surface area contributed by atoms with Crippen molar-refractivity contribution >= 4 is 46.1 Å². The molecule has 3 aromatic carbocycles. The molecule has 65 heavy (non-hydrogen) atoms. The van der Waals surface area contributed by atoms with Gasteiger partial charge in [-0.3, -0.25) is 38.8 Å². The minimum atomic E-state index is -0.643. The molecular weight excluding hydrogens is 842 g/mol. The number of likely N-dealkylation sites (tertiary alicyclic amines) is 3. The van der Waals surface area contributed by atoms with Crippen molar-refractivity contribution in [1.29, 1.82) is 0 Å². The van der Waals surface area contributed by atoms with Gasteiger partial charge in [-0.1, -0.05) is 55.1 Å². The van der Waals surface area contributed by atoms with Crippen molar-refractivity contribution < 1.29 is 23.9 Å². The van der Waals surface area contributed by atoms with Crippen molar-refractivity contribution in [3.05, 3.63) is 97.5 Å². The van der Waals surface area contributed by atoms with Crippen molar-refractivity contribution in [2.75, 3.05) is 52.4 Å². The molecule has 4 aromatic rings. The maximum Gasteiger partial charge on any atom is 0.282 e. The topological polar surface area (TPSA) is 137 Å². The second kappa shape index (κ2) is 15.8. The number of benzene rings is 3. The summed E-state index contributed by atoms with van der Waals surface area (Å²) in [7, 11) is 0. The summed E-state index contributed by atoms with van der Waals surface area (Å²) < 4.78 is 8.64. The first-order valence-corrected chi connectivity index (χ1v) is 24.5. The number of rotatable bonds is 5. The fourth-order valence-corrected chi connectivity index (χ4v) is 13.6. The van der Waals surface area contributed by atoms with E-state index in [0.717, 1.165) is 132 Å². The smallest absolute Gasteiger partial charge is 0.282 e. The average Bonchev–Trinajstić information content (AvgIpc) is 3.94. The molecule has 12 rings (SSSR count). The second-order valence-electron chi connectivity index (χ2n) is 20.3. The number of nitrogens with zero attached hydrogens (tertiary/aromatic N) is 6. The number of amides is 4. The van der Waals surface area contributed by atoms with Crippen LogP contribution in [-0.4, -0.2) is 117 Å². The van der Waals surface area contributed by atoms with Gasteiger partial charge in [0.15, 0.2) is 0 Å². The lowest BCUT2D eigenvalue weighted by molar-refractivity contribution is -0.137. The van der Waals surface area contributed by atoms with Gasteiger partial charge >= 0.3 is 0 Å². The molecule has 8 heterocycles. The monoisotopic (exact) mass is 897 g/mol. The number of carbonyl (C=O) groups is 4. The van der Waals surface area contributed by atoms with Gasteiger partial charge in [-0.15, -0.1) is 0 Å². The van der Waals surface area contributed by atoms with Crippen LogP contribution in [0.2, 0.25) is 5.02 Å². The quantitative estimate of drug-likeness (QED) is 0.241. The highest BCUT2D eigenvalue weighted by Gasteiger charge is 2.49. The van der Waals surface area contributed by atoms with Crippen molar-refractivity contribution in [1.82, 2.24) is 34.5 Å². The van der Waals surface area contributed by atoms with E-state index in [4.69, 9.17) is 21.3 Å². The highest BCUT2D eigenvalue weighted by Crippen LogP contribution is 2.53. The van der Waals surface area contributed by atoms with E-state index in [9.17, 15) is 24.0 Å². The maximum atomic E-state index is 13.7. The number of carbonyl (C=O) groups excluding carboxylic acids is 4. The zero-order valence-corrected chi connectivity index (χ0v) is 37.7. The number of halogens is 1. The Morgan fingerprint density at radius 2 is 1.63 bits per heavy atom. The summed E-state index contributed by atoms with van der Waals surface area (Å²) in [5.74, 6) is 1.49. The number of aromatic nitrogens is 2. The highest BCUT2D eigenvalue weighted by molar-refractivity contribution is 6.35. The van der Waals surface area contributed by atoms with Gasteiger partial charge in [0.1, 0.15) is 17.6 Å². The zero-order valence-electron chi connectivity index (χ0n) is 36.9. The van der Waals surface area contributed by atoms with Crippen molar-refractivity contribution in [3.8, 4) is 11.4 Å². The molecule has 2 spiro atoms. The summed E-state index contributed by atoms with van der Waals surface area (Å²) in [5.41, 5.74) is 6.68. The number of fused-ring (bicyclic) bond motifs is 11. The molecule has 0 bridgehead atoms. The Kier molecular flexibility index (Phi) is 10.0. The van der Waals surface area contributed by atoms with Gasteiger partial charge in [0, 0.05) is 47.7 Å². The molecule has 1 aliphatic carbocycles. The van der Waals surface area contributed by atoms with Crippen LogP contribution in [0.25, 0.3) is 16.6 Å². The van der Waals surface area contributed by atoms with E-state index in [0.29, 0.717) is 54.0 Å². The summed E-state index contributed by atoms with van der Waals surface area (Å²) in [6.45, 7) is 6.71. The Balaban J connectivity index is 0.646. The summed E-state index contributed by atoms with van der Waals surface area (Å²) in [5, 5.41) is 3.33. The van der Waals surface area contributed by atoms with Crippen LogP contribution in [0.5, 0.6) is 5.75 Å². The molecule has 0 unspecified atom stereocenters. The molecule has 0 radical (unpaired) electrons. The average molecular weight is 899 g/mol. The lowest BCUT2D eigenvalue weighted by atomic mass is 9.69. The van der Waals surface area contributed by atoms with E-state index >= 15 is 0 Å². The second-order valence-corrected chi connectivity index (χ2v) is 20.7. The number of hydrogen-bond acceptors (Lipinski definition) is 9. The third kappa shape index (κ3) is 6.60. The lowest BCUT2D eigenvalue weighted by Crippen LogP contribution is -2.53. The van der Waals surface area contributed by atoms with Crippen LogP contribution in [0.3, 0.4) is 0 Å². The molecule has 4 amide bonds. The predicted molar refractivity (Wildman–Crippen MR) is 245 cm³/mol. The largest absolute Gasteiger partial charge is 0.492 e. The summed E-state index contributed by atoms with van der Waals surface area (Å²) >= 11 is 6.58. The molecule has 1 atom stereocenters. The van der Waals surface area contributed by atoms with E-state index < -0.39 is 11.9 Å². The van der Waals surface area contributed by atoms with Gasteiger partial charge in [0.2, 0.25) is 17.7 Å². The van der Waals surface area contributed by atoms with Gasteiger partial charge < -0.3 is 19.4 Å². The SMILES string of the molecule is O=C1CC[C@H](N2Cc3c(ccc4c3OCC43CCN(C4CCN(C(=O)CN5CCC(c6ccc7c(c6)C6(CCCCC6)c6nc(=O)c8c(Cl)cccc8n6-7)CC5)CC4)CC3)C2=O)C(=O)N1. The van der Waals surface area contributed by atoms with E-state index in [1.165, 1.54) is 23.1 Å². The molecule has 1 N–H and O–H groups in total. The molecule has 7 aliphatic heterocycles. The standard InChI is InChI=1S/C51H56ClN7O6/c52-38-5-4-6-40-44(38)47(63)54-49-51(17-2-1-3-18-51)37-27-32(7-10-39(37)59(40)49)31-13-21-55(22-14-31)29-43(61)57-23-15-33(16-24-57)56-25-19-50(20-26-56)30-65-45-35-28-58(41-11-12-42(60)53-46(41)62)48(64)34(35)8-9-36(45)50/h4-10,27,31,33,41H,1-3,11-26,28-30H2,(H,53,60,62)/t41-/m0/s1. The molecule has 1 aromatic heterocycles. The first-order valence-electron chi connectivity index (χ1n) is 24.2. The van der Waals surface area contributed by atoms with Crippen molar-refractivity contribution in [2.24, 2.45) is 0 Å². The normalized spacial score (nSPS) is 24.3. The van der Waals surface area contributed by atoms with E-state index in [1.54, 1.807) is 11.0 Å². The third-order valence-corrected chi connectivity index (χ3v) is 17.3. The van der Waals surface area contributed by atoms with Crippen LogP contribution in [0.4, 0.5) is 0 Å². The fourth-order valence-electron chi connectivity index (χ4n) is 13.4. The van der Waals surface area contributed by atoms with Gasteiger partial charge in [-0.25, -0.2) is 0 Å². The summed E-state index contributed by atoms with van der Waals surface area (Å²) in [6.07, 6.45) is 11.9.